The number of pyridine rings is 1. The summed E-state index contributed by atoms with van der Waals surface area (Å²) in [6, 6.07) is 21.5. The van der Waals surface area contributed by atoms with Crippen molar-refractivity contribution in [1.29, 1.82) is 0 Å². The molecule has 0 unspecified atom stereocenters. The van der Waals surface area contributed by atoms with Crippen LogP contribution in [0.15, 0.2) is 79.0 Å². The largest absolute Gasteiger partial charge is 0.466 e. The Morgan fingerprint density at radius 1 is 0.939 bits per heavy atom. The lowest BCUT2D eigenvalue weighted by atomic mass is 10.1. The van der Waals surface area contributed by atoms with Crippen LogP contribution in [0.2, 0.25) is 0 Å². The number of rotatable bonds is 8. The average Bonchev–Trinajstić information content (AvgIpc) is 2.85. The molecule has 0 aliphatic heterocycles. The third kappa shape index (κ3) is 7.01. The van der Waals surface area contributed by atoms with E-state index in [0.717, 1.165) is 28.1 Å². The normalized spacial score (nSPS) is 11.3. The average molecular weight is 441 g/mol. The van der Waals surface area contributed by atoms with E-state index in [1.165, 1.54) is 13.2 Å². The number of benzene rings is 2. The highest BCUT2D eigenvalue weighted by atomic mass is 16.5. The number of anilines is 1. The molecule has 5 nitrogen and oxygen atoms in total. The van der Waals surface area contributed by atoms with Crippen LogP contribution in [0.3, 0.4) is 0 Å². The molecule has 0 spiro atoms. The summed E-state index contributed by atoms with van der Waals surface area (Å²) in [5.41, 5.74) is 4.57. The summed E-state index contributed by atoms with van der Waals surface area (Å²) in [7, 11) is 1.34. The van der Waals surface area contributed by atoms with Crippen molar-refractivity contribution in [3.05, 3.63) is 101 Å². The molecule has 3 rings (SSSR count). The van der Waals surface area contributed by atoms with E-state index in [2.05, 4.69) is 9.72 Å². The molecule has 5 heteroatoms. The summed E-state index contributed by atoms with van der Waals surface area (Å²) in [6.45, 7) is 4.23. The molecule has 1 amide bonds. The zero-order chi connectivity index (χ0) is 23.6. The van der Waals surface area contributed by atoms with Gasteiger partial charge >= 0.3 is 5.97 Å². The van der Waals surface area contributed by atoms with Gasteiger partial charge in [0.15, 0.2) is 0 Å². The van der Waals surface area contributed by atoms with Crippen LogP contribution in [0.4, 0.5) is 5.69 Å². The molecule has 0 saturated heterocycles. The van der Waals surface area contributed by atoms with Gasteiger partial charge in [0.2, 0.25) is 5.91 Å². The maximum absolute atomic E-state index is 13.0. The SMILES string of the molecule is COC(=O)/C=C/c1cccc(N(Cc2ccc(/C=C/c3ccccn3)cc2)C(=O)C(C)C)c1. The Morgan fingerprint density at radius 2 is 1.73 bits per heavy atom. The fourth-order valence-electron chi connectivity index (χ4n) is 3.21. The maximum Gasteiger partial charge on any atom is 0.330 e. The van der Waals surface area contributed by atoms with Crippen LogP contribution >= 0.6 is 0 Å². The van der Waals surface area contributed by atoms with Gasteiger partial charge in [0.25, 0.3) is 0 Å². The zero-order valence-corrected chi connectivity index (χ0v) is 19.1. The molecule has 2 aromatic carbocycles. The zero-order valence-electron chi connectivity index (χ0n) is 19.1. The molecule has 0 fully saturated rings. The number of ether oxygens (including phenoxy) is 1. The standard InChI is InChI=1S/C28H28N2O3/c1-21(2)28(32)30(26-9-6-7-23(19-26)15-17-27(31)33-3)20-24-12-10-22(11-13-24)14-16-25-8-4-5-18-29-25/h4-19,21H,20H2,1-3H3/b16-14+,17-15+. The van der Waals surface area contributed by atoms with Crippen molar-refractivity contribution in [1.82, 2.24) is 4.98 Å². The summed E-state index contributed by atoms with van der Waals surface area (Å²) in [5, 5.41) is 0. The number of methoxy groups -OCH3 is 1. The van der Waals surface area contributed by atoms with Gasteiger partial charge in [-0.2, -0.15) is 0 Å². The van der Waals surface area contributed by atoms with Gasteiger partial charge < -0.3 is 9.64 Å². The van der Waals surface area contributed by atoms with Crippen LogP contribution in [0.5, 0.6) is 0 Å². The lowest BCUT2D eigenvalue weighted by Crippen LogP contribution is -2.33. The Bertz CT molecular complexity index is 1130. The van der Waals surface area contributed by atoms with Gasteiger partial charge in [-0.15, -0.1) is 0 Å². The molecular formula is C28H28N2O3. The minimum Gasteiger partial charge on any atom is -0.466 e. The van der Waals surface area contributed by atoms with Crippen LogP contribution in [0.1, 0.15) is 36.2 Å². The molecule has 0 bridgehead atoms. The highest BCUT2D eigenvalue weighted by Crippen LogP contribution is 2.22. The number of hydrogen-bond acceptors (Lipinski definition) is 4. The van der Waals surface area contributed by atoms with Gasteiger partial charge in [-0.1, -0.05) is 62.4 Å². The van der Waals surface area contributed by atoms with Crippen molar-refractivity contribution >= 4 is 35.8 Å². The first-order valence-electron chi connectivity index (χ1n) is 10.8. The first kappa shape index (κ1) is 23.7. The van der Waals surface area contributed by atoms with Crippen LogP contribution in [0.25, 0.3) is 18.2 Å². The Hall–Kier alpha value is -3.99. The van der Waals surface area contributed by atoms with Crippen molar-refractivity contribution in [2.24, 2.45) is 5.92 Å². The van der Waals surface area contributed by atoms with Crippen molar-refractivity contribution < 1.29 is 14.3 Å². The second-order valence-electron chi connectivity index (χ2n) is 7.86. The van der Waals surface area contributed by atoms with E-state index in [9.17, 15) is 9.59 Å². The molecule has 0 aliphatic rings. The first-order chi connectivity index (χ1) is 16.0. The predicted molar refractivity (Wildman–Crippen MR) is 133 cm³/mol. The summed E-state index contributed by atoms with van der Waals surface area (Å²) in [6.07, 6.45) is 8.79. The molecule has 33 heavy (non-hydrogen) atoms. The second kappa shape index (κ2) is 11.6. The van der Waals surface area contributed by atoms with E-state index in [1.807, 2.05) is 92.7 Å². The minimum atomic E-state index is -0.423. The van der Waals surface area contributed by atoms with E-state index < -0.39 is 5.97 Å². The van der Waals surface area contributed by atoms with Gasteiger partial charge in [0.1, 0.15) is 0 Å². The molecule has 0 radical (unpaired) electrons. The summed E-state index contributed by atoms with van der Waals surface area (Å²) in [5.74, 6) is -0.546. The number of nitrogens with zero attached hydrogens (tertiary/aromatic N) is 2. The highest BCUT2D eigenvalue weighted by molar-refractivity contribution is 5.95. The van der Waals surface area contributed by atoms with Crippen molar-refractivity contribution in [3.8, 4) is 0 Å². The highest BCUT2D eigenvalue weighted by Gasteiger charge is 2.19. The molecule has 0 aliphatic carbocycles. The van der Waals surface area contributed by atoms with Crippen molar-refractivity contribution in [3.63, 3.8) is 0 Å². The topological polar surface area (TPSA) is 59.5 Å². The van der Waals surface area contributed by atoms with E-state index in [1.54, 1.807) is 17.2 Å². The Kier molecular flexibility index (Phi) is 8.30. The number of carbonyl (C=O) groups is 2. The third-order valence-electron chi connectivity index (χ3n) is 5.01. The second-order valence-corrected chi connectivity index (χ2v) is 7.86. The fourth-order valence-corrected chi connectivity index (χ4v) is 3.21. The summed E-state index contributed by atoms with van der Waals surface area (Å²) >= 11 is 0. The van der Waals surface area contributed by atoms with Crippen molar-refractivity contribution in [2.75, 3.05) is 12.0 Å². The van der Waals surface area contributed by atoms with Crippen LogP contribution in [-0.2, 0) is 20.9 Å². The lowest BCUT2D eigenvalue weighted by molar-refractivity contribution is -0.134. The quantitative estimate of drug-likeness (QED) is 0.337. The number of hydrogen-bond donors (Lipinski definition) is 0. The Morgan fingerprint density at radius 3 is 2.39 bits per heavy atom. The monoisotopic (exact) mass is 440 g/mol. The maximum atomic E-state index is 13.0. The van der Waals surface area contributed by atoms with E-state index in [-0.39, 0.29) is 11.8 Å². The molecule has 168 valence electrons. The molecule has 3 aromatic rings. The van der Waals surface area contributed by atoms with Gasteiger partial charge in [-0.25, -0.2) is 4.79 Å². The number of carbonyl (C=O) groups excluding carboxylic acids is 2. The molecular weight excluding hydrogens is 412 g/mol. The fraction of sp³-hybridized carbons (Fsp3) is 0.179. The minimum absolute atomic E-state index is 0.0308. The van der Waals surface area contributed by atoms with E-state index >= 15 is 0 Å². The van der Waals surface area contributed by atoms with Crippen molar-refractivity contribution in [2.45, 2.75) is 20.4 Å². The van der Waals surface area contributed by atoms with Gasteiger partial charge in [-0.05, 0) is 53.1 Å². The molecule has 0 atom stereocenters. The molecule has 1 heterocycles. The van der Waals surface area contributed by atoms with Crippen LogP contribution in [0, 0.1) is 5.92 Å². The Labute approximate surface area is 195 Å². The van der Waals surface area contributed by atoms with E-state index in [4.69, 9.17) is 0 Å². The lowest BCUT2D eigenvalue weighted by Gasteiger charge is -2.25. The molecule has 1 aromatic heterocycles. The number of esters is 1. The third-order valence-corrected chi connectivity index (χ3v) is 5.01. The Balaban J connectivity index is 1.80. The summed E-state index contributed by atoms with van der Waals surface area (Å²) in [4.78, 5) is 30.5. The smallest absolute Gasteiger partial charge is 0.330 e. The molecule has 0 N–H and O–H groups in total. The first-order valence-corrected chi connectivity index (χ1v) is 10.8. The number of aromatic nitrogens is 1. The van der Waals surface area contributed by atoms with Gasteiger partial charge in [-0.3, -0.25) is 9.78 Å². The number of amides is 1. The van der Waals surface area contributed by atoms with E-state index in [0.29, 0.717) is 6.54 Å². The summed E-state index contributed by atoms with van der Waals surface area (Å²) < 4.78 is 4.65. The molecule has 0 saturated carbocycles. The predicted octanol–water partition coefficient (Wildman–Crippen LogP) is 5.63. The van der Waals surface area contributed by atoms with Crippen LogP contribution in [-0.4, -0.2) is 24.0 Å². The van der Waals surface area contributed by atoms with Gasteiger partial charge in [0.05, 0.1) is 19.3 Å². The van der Waals surface area contributed by atoms with Crippen LogP contribution < -0.4 is 4.90 Å². The van der Waals surface area contributed by atoms with Gasteiger partial charge in [0, 0.05) is 23.9 Å².